The standard InChI is InChI=1S/C28H22O3.2C3H8/c1-18-15-20(11-13-26(18)30)28(21-12-14-27(31-17-29)19(2)16-21)24-9-5-3-7-22(24)23-8-4-6-10-25(23)28;2*1-3-2/h3-17,30H,1-2H3;2*3H2,1-2H3. The van der Waals surface area contributed by atoms with Gasteiger partial charge in [-0.1, -0.05) is 113 Å². The molecule has 0 aromatic heterocycles. The molecule has 0 fully saturated rings. The van der Waals surface area contributed by atoms with Gasteiger partial charge in [-0.15, -0.1) is 0 Å². The summed E-state index contributed by atoms with van der Waals surface area (Å²) in [6, 6.07) is 28.8. The second-order valence-electron chi connectivity index (χ2n) is 9.45. The molecular weight excluding hydrogens is 456 g/mol. The molecule has 3 nitrogen and oxygen atoms in total. The largest absolute Gasteiger partial charge is 0.508 e. The first-order valence-electron chi connectivity index (χ1n) is 13.1. The van der Waals surface area contributed by atoms with E-state index in [4.69, 9.17) is 4.74 Å². The number of hydrogen-bond acceptors (Lipinski definition) is 3. The molecule has 4 aromatic rings. The Balaban J connectivity index is 0.000000580. The van der Waals surface area contributed by atoms with Crippen molar-refractivity contribution in [3.05, 3.63) is 118 Å². The van der Waals surface area contributed by atoms with Gasteiger partial charge in [0.25, 0.3) is 6.47 Å². The molecule has 0 bridgehead atoms. The SMILES string of the molecule is CCC.CCC.Cc1cc(C2(c3ccc(OC=O)c(C)c3)c3ccccc3-c3ccccc32)ccc1O. The Morgan fingerprint density at radius 2 is 1.16 bits per heavy atom. The van der Waals surface area contributed by atoms with Crippen LogP contribution in [0.5, 0.6) is 11.5 Å². The number of phenolic OH excluding ortho intramolecular Hbond substituents is 1. The van der Waals surface area contributed by atoms with E-state index in [1.807, 2.05) is 32.0 Å². The average molecular weight is 495 g/mol. The monoisotopic (exact) mass is 494 g/mol. The van der Waals surface area contributed by atoms with Crippen molar-refractivity contribution in [2.24, 2.45) is 0 Å². The molecule has 1 aliphatic carbocycles. The highest BCUT2D eigenvalue weighted by atomic mass is 16.5. The molecule has 0 aliphatic heterocycles. The van der Waals surface area contributed by atoms with Crippen LogP contribution < -0.4 is 4.74 Å². The molecule has 3 heteroatoms. The molecular formula is C34H38O3. The van der Waals surface area contributed by atoms with Crippen molar-refractivity contribution in [1.29, 1.82) is 0 Å². The van der Waals surface area contributed by atoms with Crippen molar-refractivity contribution < 1.29 is 14.6 Å². The number of carbonyl (C=O) groups is 1. The van der Waals surface area contributed by atoms with Crippen LogP contribution in [0.2, 0.25) is 0 Å². The number of rotatable bonds is 4. The molecule has 0 saturated carbocycles. The summed E-state index contributed by atoms with van der Waals surface area (Å²) in [4.78, 5) is 10.9. The van der Waals surface area contributed by atoms with Crippen molar-refractivity contribution in [3.63, 3.8) is 0 Å². The van der Waals surface area contributed by atoms with Crippen LogP contribution in [0.1, 0.15) is 73.9 Å². The lowest BCUT2D eigenvalue weighted by molar-refractivity contribution is -0.120. The highest BCUT2D eigenvalue weighted by Gasteiger charge is 2.46. The summed E-state index contributed by atoms with van der Waals surface area (Å²) in [5, 5.41) is 10.2. The molecule has 4 aromatic carbocycles. The highest BCUT2D eigenvalue weighted by molar-refractivity contribution is 5.86. The van der Waals surface area contributed by atoms with Crippen molar-refractivity contribution in [2.75, 3.05) is 0 Å². The van der Waals surface area contributed by atoms with E-state index >= 15 is 0 Å². The molecule has 0 amide bonds. The van der Waals surface area contributed by atoms with Gasteiger partial charge in [0.1, 0.15) is 11.5 Å². The predicted octanol–water partition coefficient (Wildman–Crippen LogP) is 8.74. The molecule has 37 heavy (non-hydrogen) atoms. The van der Waals surface area contributed by atoms with Crippen LogP contribution in [0.4, 0.5) is 0 Å². The van der Waals surface area contributed by atoms with Gasteiger partial charge in [0.15, 0.2) is 0 Å². The summed E-state index contributed by atoms with van der Waals surface area (Å²) in [7, 11) is 0. The fourth-order valence-corrected chi connectivity index (χ4v) is 4.98. The fraction of sp³-hybridized carbons (Fsp3) is 0.265. The van der Waals surface area contributed by atoms with Crippen molar-refractivity contribution in [2.45, 2.75) is 59.8 Å². The van der Waals surface area contributed by atoms with E-state index in [1.54, 1.807) is 6.07 Å². The molecule has 5 rings (SSSR count). The Morgan fingerprint density at radius 1 is 0.703 bits per heavy atom. The smallest absolute Gasteiger partial charge is 0.298 e. The maximum atomic E-state index is 10.9. The summed E-state index contributed by atoms with van der Waals surface area (Å²) in [6.07, 6.45) is 2.50. The lowest BCUT2D eigenvalue weighted by Gasteiger charge is -2.34. The number of benzene rings is 4. The van der Waals surface area contributed by atoms with E-state index in [-0.39, 0.29) is 5.75 Å². The van der Waals surface area contributed by atoms with E-state index in [2.05, 4.69) is 88.4 Å². The third-order valence-corrected chi connectivity index (χ3v) is 6.37. The third-order valence-electron chi connectivity index (χ3n) is 6.37. The van der Waals surface area contributed by atoms with Gasteiger partial charge in [0.05, 0.1) is 5.41 Å². The van der Waals surface area contributed by atoms with Gasteiger partial charge in [0.2, 0.25) is 0 Å². The van der Waals surface area contributed by atoms with E-state index in [0.717, 1.165) is 22.3 Å². The Morgan fingerprint density at radius 3 is 1.62 bits per heavy atom. The van der Waals surface area contributed by atoms with Crippen LogP contribution in [-0.4, -0.2) is 11.6 Å². The van der Waals surface area contributed by atoms with Crippen LogP contribution >= 0.6 is 0 Å². The second kappa shape index (κ2) is 12.4. The zero-order valence-corrected chi connectivity index (χ0v) is 22.8. The number of hydrogen-bond donors (Lipinski definition) is 1. The molecule has 0 spiro atoms. The minimum atomic E-state index is -0.546. The van der Waals surface area contributed by atoms with Crippen LogP contribution in [-0.2, 0) is 10.2 Å². The van der Waals surface area contributed by atoms with E-state index in [9.17, 15) is 9.90 Å². The number of aromatic hydroxyl groups is 1. The van der Waals surface area contributed by atoms with E-state index in [0.29, 0.717) is 12.2 Å². The normalized spacial score (nSPS) is 12.2. The molecule has 1 aliphatic rings. The minimum Gasteiger partial charge on any atom is -0.508 e. The number of phenols is 1. The maximum absolute atomic E-state index is 10.9. The summed E-state index contributed by atoms with van der Waals surface area (Å²) in [5.41, 5.74) is 8.15. The second-order valence-corrected chi connectivity index (χ2v) is 9.45. The number of fused-ring (bicyclic) bond motifs is 3. The molecule has 0 atom stereocenters. The maximum Gasteiger partial charge on any atom is 0.298 e. The zero-order chi connectivity index (χ0) is 27.0. The van der Waals surface area contributed by atoms with Gasteiger partial charge in [0, 0.05) is 0 Å². The highest BCUT2D eigenvalue weighted by Crippen LogP contribution is 2.56. The van der Waals surface area contributed by atoms with E-state index < -0.39 is 5.41 Å². The number of ether oxygens (including phenoxy) is 1. The Hall–Kier alpha value is -3.85. The topological polar surface area (TPSA) is 46.5 Å². The number of aryl methyl sites for hydroxylation is 2. The first-order chi connectivity index (χ1) is 17.9. The van der Waals surface area contributed by atoms with Crippen LogP contribution in [0.15, 0.2) is 84.9 Å². The summed E-state index contributed by atoms with van der Waals surface area (Å²) < 4.78 is 5.15. The van der Waals surface area contributed by atoms with Gasteiger partial charge >= 0.3 is 0 Å². The molecule has 0 unspecified atom stereocenters. The van der Waals surface area contributed by atoms with E-state index in [1.165, 1.54) is 35.1 Å². The molecule has 1 N–H and O–H groups in total. The zero-order valence-electron chi connectivity index (χ0n) is 22.8. The average Bonchev–Trinajstić information content (AvgIpc) is 3.19. The first kappa shape index (κ1) is 27.7. The first-order valence-corrected chi connectivity index (χ1v) is 13.1. The van der Waals surface area contributed by atoms with Gasteiger partial charge in [-0.3, -0.25) is 4.79 Å². The Kier molecular flexibility index (Phi) is 9.30. The molecule has 192 valence electrons. The molecule has 0 heterocycles. The Labute approximate surface area is 221 Å². The van der Waals surface area contributed by atoms with Gasteiger partial charge < -0.3 is 9.84 Å². The lowest BCUT2D eigenvalue weighted by atomic mass is 9.67. The third kappa shape index (κ3) is 5.17. The minimum absolute atomic E-state index is 0.282. The van der Waals surface area contributed by atoms with Gasteiger partial charge in [-0.05, 0) is 70.5 Å². The summed E-state index contributed by atoms with van der Waals surface area (Å²) in [5.74, 6) is 0.833. The summed E-state index contributed by atoms with van der Waals surface area (Å²) in [6.45, 7) is 12.8. The molecule has 0 saturated heterocycles. The number of carbonyl (C=O) groups excluding carboxylic acids is 1. The summed E-state index contributed by atoms with van der Waals surface area (Å²) >= 11 is 0. The van der Waals surface area contributed by atoms with Crippen LogP contribution in [0.3, 0.4) is 0 Å². The van der Waals surface area contributed by atoms with Gasteiger partial charge in [-0.25, -0.2) is 0 Å². The quantitative estimate of drug-likeness (QED) is 0.254. The van der Waals surface area contributed by atoms with Crippen molar-refractivity contribution in [3.8, 4) is 22.6 Å². The molecule has 0 radical (unpaired) electrons. The fourth-order valence-electron chi connectivity index (χ4n) is 4.98. The van der Waals surface area contributed by atoms with Crippen LogP contribution in [0.25, 0.3) is 11.1 Å². The van der Waals surface area contributed by atoms with Crippen molar-refractivity contribution >= 4 is 6.47 Å². The predicted molar refractivity (Wildman–Crippen MR) is 154 cm³/mol. The Bertz CT molecular complexity index is 1310. The van der Waals surface area contributed by atoms with Crippen LogP contribution in [0, 0.1) is 13.8 Å². The van der Waals surface area contributed by atoms with Crippen molar-refractivity contribution in [1.82, 2.24) is 0 Å². The van der Waals surface area contributed by atoms with Gasteiger partial charge in [-0.2, -0.15) is 0 Å². The lowest BCUT2D eigenvalue weighted by Crippen LogP contribution is -2.28.